The van der Waals surface area contributed by atoms with E-state index in [-0.39, 0.29) is 34.9 Å². The van der Waals surface area contributed by atoms with Crippen molar-refractivity contribution in [2.45, 2.75) is 38.1 Å². The van der Waals surface area contributed by atoms with Crippen LogP contribution < -0.4 is 10.1 Å². The maximum absolute atomic E-state index is 12.5. The molecular formula is C19H22N2O5S. The van der Waals surface area contributed by atoms with E-state index in [1.54, 1.807) is 18.2 Å². The van der Waals surface area contributed by atoms with Gasteiger partial charge in [-0.15, -0.1) is 0 Å². The van der Waals surface area contributed by atoms with Crippen molar-refractivity contribution in [1.82, 2.24) is 10.2 Å². The number of imide groups is 1. The summed E-state index contributed by atoms with van der Waals surface area (Å²) in [6.45, 7) is -0.266. The van der Waals surface area contributed by atoms with Crippen LogP contribution in [0, 0.1) is 0 Å². The number of ether oxygens (including phenoxy) is 1. The van der Waals surface area contributed by atoms with E-state index >= 15 is 0 Å². The molecule has 1 aliphatic heterocycles. The quantitative estimate of drug-likeness (QED) is 0.751. The number of carbonyl (C=O) groups is 3. The molecule has 2 N–H and O–H groups in total. The molecule has 0 aromatic heterocycles. The van der Waals surface area contributed by atoms with Crippen LogP contribution in [0.25, 0.3) is 6.08 Å². The molecule has 1 saturated heterocycles. The number of aromatic hydroxyl groups is 1. The van der Waals surface area contributed by atoms with Crippen molar-refractivity contribution in [3.8, 4) is 11.5 Å². The third-order valence-electron chi connectivity index (χ3n) is 4.65. The lowest BCUT2D eigenvalue weighted by molar-refractivity contribution is -0.129. The van der Waals surface area contributed by atoms with Gasteiger partial charge >= 0.3 is 0 Å². The van der Waals surface area contributed by atoms with Gasteiger partial charge in [-0.1, -0.05) is 25.3 Å². The summed E-state index contributed by atoms with van der Waals surface area (Å²) in [4.78, 5) is 38.1. The maximum atomic E-state index is 12.5. The van der Waals surface area contributed by atoms with Gasteiger partial charge in [0.25, 0.3) is 11.1 Å². The van der Waals surface area contributed by atoms with Crippen LogP contribution in [-0.4, -0.2) is 46.8 Å². The van der Waals surface area contributed by atoms with Crippen molar-refractivity contribution < 1.29 is 24.2 Å². The van der Waals surface area contributed by atoms with Gasteiger partial charge in [0, 0.05) is 6.04 Å². The van der Waals surface area contributed by atoms with Gasteiger partial charge in [0.1, 0.15) is 6.54 Å². The predicted molar refractivity (Wildman–Crippen MR) is 102 cm³/mol. The van der Waals surface area contributed by atoms with Crippen LogP contribution in [0.4, 0.5) is 4.79 Å². The Labute approximate surface area is 161 Å². The van der Waals surface area contributed by atoms with Gasteiger partial charge in [-0.3, -0.25) is 19.3 Å². The zero-order chi connectivity index (χ0) is 19.4. The number of nitrogens with zero attached hydrogens (tertiary/aromatic N) is 1. The van der Waals surface area contributed by atoms with Gasteiger partial charge in [0.15, 0.2) is 11.5 Å². The summed E-state index contributed by atoms with van der Waals surface area (Å²) in [7, 11) is 1.43. The van der Waals surface area contributed by atoms with E-state index in [0.29, 0.717) is 5.56 Å². The van der Waals surface area contributed by atoms with Gasteiger partial charge in [-0.25, -0.2) is 0 Å². The second kappa shape index (κ2) is 8.47. The molecular weight excluding hydrogens is 368 g/mol. The fourth-order valence-corrected chi connectivity index (χ4v) is 4.07. The third-order valence-corrected chi connectivity index (χ3v) is 5.55. The third kappa shape index (κ3) is 4.63. The lowest BCUT2D eigenvalue weighted by Crippen LogP contribution is -2.44. The molecule has 0 bridgehead atoms. The Kier molecular flexibility index (Phi) is 6.05. The smallest absolute Gasteiger partial charge is 0.294 e. The number of carbonyl (C=O) groups excluding carboxylic acids is 3. The van der Waals surface area contributed by atoms with Crippen LogP contribution >= 0.6 is 11.8 Å². The largest absolute Gasteiger partial charge is 0.504 e. The van der Waals surface area contributed by atoms with Crippen molar-refractivity contribution in [2.75, 3.05) is 13.7 Å². The molecule has 27 heavy (non-hydrogen) atoms. The van der Waals surface area contributed by atoms with E-state index in [1.807, 2.05) is 0 Å². The van der Waals surface area contributed by atoms with Crippen LogP contribution in [0.2, 0.25) is 0 Å². The molecule has 3 rings (SSSR count). The highest BCUT2D eigenvalue weighted by atomic mass is 32.2. The summed E-state index contributed by atoms with van der Waals surface area (Å²) < 4.78 is 5.04. The van der Waals surface area contributed by atoms with Gasteiger partial charge in [0.05, 0.1) is 12.0 Å². The molecule has 8 heteroatoms. The molecule has 2 fully saturated rings. The summed E-state index contributed by atoms with van der Waals surface area (Å²) in [5.74, 6) is -0.537. The SMILES string of the molecule is COc1cc(/C=C2\SC(=O)N(CC(=O)NC3CCCCC3)C2=O)ccc1O. The van der Waals surface area contributed by atoms with E-state index in [1.165, 1.54) is 19.6 Å². The highest BCUT2D eigenvalue weighted by molar-refractivity contribution is 8.18. The number of thioether (sulfide) groups is 1. The first-order valence-electron chi connectivity index (χ1n) is 8.89. The first-order valence-corrected chi connectivity index (χ1v) is 9.71. The predicted octanol–water partition coefficient (Wildman–Crippen LogP) is 2.89. The van der Waals surface area contributed by atoms with Gasteiger partial charge in [0.2, 0.25) is 5.91 Å². The Morgan fingerprint density at radius 3 is 2.78 bits per heavy atom. The second-order valence-electron chi connectivity index (χ2n) is 6.60. The fraction of sp³-hybridized carbons (Fsp3) is 0.421. The molecule has 0 atom stereocenters. The normalized spacial score (nSPS) is 19.6. The van der Waals surface area contributed by atoms with Crippen molar-refractivity contribution >= 4 is 34.9 Å². The Bertz CT molecular complexity index is 786. The molecule has 7 nitrogen and oxygen atoms in total. The number of nitrogens with one attached hydrogen (secondary N) is 1. The molecule has 1 heterocycles. The summed E-state index contributed by atoms with van der Waals surface area (Å²) >= 11 is 0.798. The second-order valence-corrected chi connectivity index (χ2v) is 7.59. The molecule has 0 radical (unpaired) electrons. The van der Waals surface area contributed by atoms with Crippen LogP contribution in [0.15, 0.2) is 23.1 Å². The molecule has 0 spiro atoms. The van der Waals surface area contributed by atoms with E-state index in [4.69, 9.17) is 4.74 Å². The summed E-state index contributed by atoms with van der Waals surface area (Å²) in [5.41, 5.74) is 0.613. The number of methoxy groups -OCH3 is 1. The number of rotatable bonds is 5. The van der Waals surface area contributed by atoms with E-state index in [9.17, 15) is 19.5 Å². The number of benzene rings is 1. The topological polar surface area (TPSA) is 95.9 Å². The summed E-state index contributed by atoms with van der Waals surface area (Å²) in [6, 6.07) is 4.76. The lowest BCUT2D eigenvalue weighted by Gasteiger charge is -2.23. The maximum Gasteiger partial charge on any atom is 0.294 e. The molecule has 0 unspecified atom stereocenters. The van der Waals surface area contributed by atoms with E-state index in [2.05, 4.69) is 5.32 Å². The minimum atomic E-state index is -0.490. The Hall–Kier alpha value is -2.48. The van der Waals surface area contributed by atoms with Gasteiger partial charge < -0.3 is 15.2 Å². The molecule has 2 aliphatic rings. The average Bonchev–Trinajstić information content (AvgIpc) is 2.91. The zero-order valence-corrected chi connectivity index (χ0v) is 15.9. The first kappa shape index (κ1) is 19.3. The van der Waals surface area contributed by atoms with Gasteiger partial charge in [-0.2, -0.15) is 0 Å². The average molecular weight is 390 g/mol. The van der Waals surface area contributed by atoms with Gasteiger partial charge in [-0.05, 0) is 48.4 Å². The standard InChI is InChI=1S/C19H22N2O5S/c1-26-15-9-12(7-8-14(15)22)10-16-18(24)21(19(25)27-16)11-17(23)20-13-5-3-2-4-6-13/h7-10,13,22H,2-6,11H2,1H3,(H,20,23)/b16-10-. The summed E-state index contributed by atoms with van der Waals surface area (Å²) in [6.07, 6.45) is 6.79. The number of phenolic OH excluding ortho intramolecular Hbond substituents is 1. The zero-order valence-electron chi connectivity index (χ0n) is 15.1. The van der Waals surface area contributed by atoms with Crippen LogP contribution in [-0.2, 0) is 9.59 Å². The Morgan fingerprint density at radius 1 is 1.33 bits per heavy atom. The molecule has 1 aromatic rings. The Balaban J connectivity index is 1.66. The molecule has 1 aliphatic carbocycles. The van der Waals surface area contributed by atoms with Crippen molar-refractivity contribution in [3.05, 3.63) is 28.7 Å². The lowest BCUT2D eigenvalue weighted by atomic mass is 9.95. The van der Waals surface area contributed by atoms with E-state index < -0.39 is 11.1 Å². The van der Waals surface area contributed by atoms with Crippen molar-refractivity contribution in [2.24, 2.45) is 0 Å². The number of hydrogen-bond acceptors (Lipinski definition) is 6. The number of hydrogen-bond donors (Lipinski definition) is 2. The van der Waals surface area contributed by atoms with Crippen molar-refractivity contribution in [1.29, 1.82) is 0 Å². The molecule has 1 aromatic carbocycles. The Morgan fingerprint density at radius 2 is 2.07 bits per heavy atom. The number of phenols is 1. The highest BCUT2D eigenvalue weighted by Crippen LogP contribution is 2.34. The highest BCUT2D eigenvalue weighted by Gasteiger charge is 2.36. The van der Waals surface area contributed by atoms with Crippen LogP contribution in [0.3, 0.4) is 0 Å². The summed E-state index contributed by atoms with van der Waals surface area (Å²) in [5, 5.41) is 12.1. The molecule has 144 valence electrons. The fourth-order valence-electron chi connectivity index (χ4n) is 3.24. The van der Waals surface area contributed by atoms with Crippen molar-refractivity contribution in [3.63, 3.8) is 0 Å². The molecule has 1 saturated carbocycles. The van der Waals surface area contributed by atoms with E-state index in [0.717, 1.165) is 42.3 Å². The first-order chi connectivity index (χ1) is 13.0. The van der Waals surface area contributed by atoms with Crippen LogP contribution in [0.1, 0.15) is 37.7 Å². The molecule has 3 amide bonds. The minimum absolute atomic E-state index is 0.0119. The number of amides is 3. The van der Waals surface area contributed by atoms with Crippen LogP contribution in [0.5, 0.6) is 11.5 Å². The monoisotopic (exact) mass is 390 g/mol. The minimum Gasteiger partial charge on any atom is -0.504 e.